The number of hydrogen-bond donors (Lipinski definition) is 1. The molecule has 3 heteroatoms. The molecule has 0 radical (unpaired) electrons. The van der Waals surface area contributed by atoms with Gasteiger partial charge in [-0.05, 0) is 0 Å². The molecule has 1 N–H and O–H groups in total. The molecule has 0 bridgehead atoms. The predicted molar refractivity (Wildman–Crippen MR) is 9.32 cm³/mol. The molecule has 0 aromatic carbocycles. The normalized spacial score (nSPS) is 5.25. The van der Waals surface area contributed by atoms with E-state index < -0.39 is 14.7 Å². The zero-order valence-electron chi connectivity index (χ0n) is 2.17. The van der Waals surface area contributed by atoms with Crippen LogP contribution in [0.15, 0.2) is 0 Å². The van der Waals surface area contributed by atoms with Crippen LogP contribution in [0.25, 0.3) is 0 Å². The molecule has 31 valence electrons. The summed E-state index contributed by atoms with van der Waals surface area (Å²) < 4.78 is 15.4. The molecule has 0 rings (SSSR count). The fraction of sp³-hybridized carbons (Fsp3) is 0. The van der Waals surface area contributed by atoms with E-state index in [4.69, 9.17) is 8.15 Å². The summed E-state index contributed by atoms with van der Waals surface area (Å²) in [5, 5.41) is 0. The molecule has 0 aliphatic rings. The Labute approximate surface area is 31.1 Å². The molecule has 0 amide bonds. The molecular weight excluding hydrogens is 103 g/mol. The van der Waals surface area contributed by atoms with Gasteiger partial charge in [-0.2, -0.15) is 0 Å². The van der Waals surface area contributed by atoms with Gasteiger partial charge in [-0.25, -0.2) is 0 Å². The van der Waals surface area contributed by atoms with Crippen LogP contribution >= 0.6 is 0 Å². The molecule has 0 heterocycles. The Morgan fingerprint density at radius 1 is 1.75 bits per heavy atom. The van der Waals surface area contributed by atoms with Crippen LogP contribution < -0.4 is 0 Å². The van der Waals surface area contributed by atoms with E-state index in [9.17, 15) is 0 Å². The first kappa shape index (κ1) is 8.87. The third-order valence-corrected chi connectivity index (χ3v) is 0. The van der Waals surface area contributed by atoms with E-state index in [1.165, 1.54) is 0 Å². The van der Waals surface area contributed by atoms with Crippen LogP contribution in [0.4, 0.5) is 0 Å². The van der Waals surface area contributed by atoms with E-state index >= 15 is 0 Å². The van der Waals surface area contributed by atoms with Crippen molar-refractivity contribution >= 4 is 0 Å². The van der Waals surface area contributed by atoms with E-state index in [0.717, 1.165) is 0 Å². The van der Waals surface area contributed by atoms with Crippen molar-refractivity contribution in [2.75, 3.05) is 0 Å². The van der Waals surface area contributed by atoms with Gasteiger partial charge in [-0.3, -0.25) is 0 Å². The first-order valence-electron chi connectivity index (χ1n) is 0.271. The Morgan fingerprint density at radius 3 is 1.75 bits per heavy atom. The van der Waals surface area contributed by atoms with E-state index in [1.54, 1.807) is 0 Å². The maximum atomic E-state index is 8.42. The van der Waals surface area contributed by atoms with E-state index in [1.807, 2.05) is 0 Å². The third kappa shape index (κ3) is 55.1. The molecule has 0 fully saturated rings. The summed E-state index contributed by atoms with van der Waals surface area (Å²) in [4.78, 5) is 0. The zero-order chi connectivity index (χ0) is 2.71. The minimum atomic E-state index is -0.625. The molecular formula is CH4NiO2-. The van der Waals surface area contributed by atoms with Crippen LogP contribution in [0.2, 0.25) is 0 Å². The van der Waals surface area contributed by atoms with Crippen LogP contribution in [-0.4, -0.2) is 4.25 Å². The monoisotopic (exact) mass is 106 g/mol. The van der Waals surface area contributed by atoms with Gasteiger partial charge in [-0.1, -0.05) is 0 Å². The molecule has 0 unspecified atom stereocenters. The molecule has 4 heavy (non-hydrogen) atoms. The molecule has 0 saturated carbocycles. The standard InChI is InChI=1S/CH3.Ni.H2O.O/h1H3;;1H2;/q-1;+1;;/p-1. The fourth-order valence-electron chi connectivity index (χ4n) is 0. The third-order valence-electron chi connectivity index (χ3n) is 0. The van der Waals surface area contributed by atoms with Gasteiger partial charge >= 0.3 is 22.8 Å². The molecule has 0 aliphatic carbocycles. The van der Waals surface area contributed by atoms with Crippen molar-refractivity contribution in [3.05, 3.63) is 7.43 Å². The van der Waals surface area contributed by atoms with Crippen molar-refractivity contribution in [3.8, 4) is 0 Å². The first-order valence-corrected chi connectivity index (χ1v) is 1.12. The van der Waals surface area contributed by atoms with E-state index in [-0.39, 0.29) is 7.43 Å². The average molecular weight is 107 g/mol. The fourth-order valence-corrected chi connectivity index (χ4v) is 0. The Bertz CT molecular complexity index is 13.5. The summed E-state index contributed by atoms with van der Waals surface area (Å²) in [6.45, 7) is 0. The van der Waals surface area contributed by atoms with Crippen molar-refractivity contribution in [3.63, 3.8) is 0 Å². The number of rotatable bonds is 0. The average Bonchev–Trinajstić information content (AvgIpc) is 0.918. The SMILES string of the molecule is [CH3-].[O]=[Ni][OH]. The Kier molecular flexibility index (Phi) is 23.3. The molecule has 2 nitrogen and oxygen atoms in total. The Hall–Kier alpha value is 0.254. The van der Waals surface area contributed by atoms with Gasteiger partial charge in [-0.15, -0.1) is 0 Å². The molecule has 0 aromatic rings. The first-order chi connectivity index (χ1) is 1.41. The quantitative estimate of drug-likeness (QED) is 0.342. The minimum absolute atomic E-state index is 0. The number of hydrogen-bond acceptors (Lipinski definition) is 1. The molecule has 0 aliphatic heterocycles. The van der Waals surface area contributed by atoms with Crippen LogP contribution in [-0.2, 0) is 18.6 Å². The molecule has 0 saturated heterocycles. The summed E-state index contributed by atoms with van der Waals surface area (Å²) in [5.74, 6) is 0. The summed E-state index contributed by atoms with van der Waals surface area (Å²) in [6, 6.07) is 0. The van der Waals surface area contributed by atoms with E-state index in [2.05, 4.69) is 0 Å². The Morgan fingerprint density at radius 2 is 1.75 bits per heavy atom. The van der Waals surface area contributed by atoms with Crippen LogP contribution in [0.5, 0.6) is 0 Å². The second-order valence-electron chi connectivity index (χ2n) is 0.0577. The van der Waals surface area contributed by atoms with E-state index in [0.29, 0.717) is 0 Å². The predicted octanol–water partition coefficient (Wildman–Crippen LogP) is -0.228. The zero-order valence-corrected chi connectivity index (χ0v) is 3.16. The van der Waals surface area contributed by atoms with Crippen molar-refractivity contribution in [1.29, 1.82) is 0 Å². The summed E-state index contributed by atoms with van der Waals surface area (Å²) in [6.07, 6.45) is 0. The van der Waals surface area contributed by atoms with Gasteiger partial charge in [0.05, 0.1) is 0 Å². The Balaban J connectivity index is 0. The van der Waals surface area contributed by atoms with Crippen LogP contribution in [0.3, 0.4) is 0 Å². The van der Waals surface area contributed by atoms with Crippen molar-refractivity contribution in [2.45, 2.75) is 0 Å². The van der Waals surface area contributed by atoms with Crippen molar-refractivity contribution in [2.24, 2.45) is 0 Å². The van der Waals surface area contributed by atoms with Gasteiger partial charge in [0.1, 0.15) is 0 Å². The molecule has 0 spiro atoms. The second kappa shape index (κ2) is 10.5. The van der Waals surface area contributed by atoms with Crippen molar-refractivity contribution in [1.82, 2.24) is 0 Å². The molecule has 0 aromatic heterocycles. The van der Waals surface area contributed by atoms with Gasteiger partial charge in [0.25, 0.3) is 0 Å². The van der Waals surface area contributed by atoms with Gasteiger partial charge in [0.2, 0.25) is 0 Å². The van der Waals surface area contributed by atoms with Crippen molar-refractivity contribution < 1.29 is 22.8 Å². The summed E-state index contributed by atoms with van der Waals surface area (Å²) in [5.41, 5.74) is 0. The summed E-state index contributed by atoms with van der Waals surface area (Å²) >= 11 is -0.625. The van der Waals surface area contributed by atoms with Gasteiger partial charge in [0.15, 0.2) is 0 Å². The second-order valence-corrected chi connectivity index (χ2v) is 0.238. The molecule has 0 atom stereocenters. The maximum absolute atomic E-state index is 8.42. The topological polar surface area (TPSA) is 37.3 Å². The van der Waals surface area contributed by atoms with Crippen LogP contribution in [0.1, 0.15) is 0 Å². The van der Waals surface area contributed by atoms with Gasteiger partial charge < -0.3 is 7.43 Å². The van der Waals surface area contributed by atoms with Gasteiger partial charge in [0, 0.05) is 0 Å². The van der Waals surface area contributed by atoms with Crippen LogP contribution in [0, 0.1) is 7.43 Å². The summed E-state index contributed by atoms with van der Waals surface area (Å²) in [7, 11) is 0.